The van der Waals surface area contributed by atoms with E-state index in [0.717, 1.165) is 21.7 Å². The summed E-state index contributed by atoms with van der Waals surface area (Å²) in [6, 6.07) is 33.0. The first-order valence-corrected chi connectivity index (χ1v) is 14.5. The summed E-state index contributed by atoms with van der Waals surface area (Å²) in [5.41, 5.74) is 1.89. The van der Waals surface area contributed by atoms with Crippen molar-refractivity contribution in [3.63, 3.8) is 0 Å². The van der Waals surface area contributed by atoms with Gasteiger partial charge in [0.2, 0.25) is 0 Å². The topological polar surface area (TPSA) is 69.7 Å². The van der Waals surface area contributed by atoms with Crippen LogP contribution in [0.15, 0.2) is 114 Å². The van der Waals surface area contributed by atoms with Gasteiger partial charge in [0, 0.05) is 16.8 Å². The lowest BCUT2D eigenvalue weighted by atomic mass is 10.2. The molecule has 0 heterocycles. The lowest BCUT2D eigenvalue weighted by Crippen LogP contribution is -2.17. The van der Waals surface area contributed by atoms with Crippen molar-refractivity contribution in [3.8, 4) is 5.75 Å². The molecular formula is C28H27O5PS. The number of hydrogen-bond acceptors (Lipinski definition) is 5. The minimum atomic E-state index is -3.82. The van der Waals surface area contributed by atoms with Gasteiger partial charge in [0.1, 0.15) is 26.1 Å². The zero-order chi connectivity index (χ0) is 24.7. The van der Waals surface area contributed by atoms with Crippen LogP contribution in [-0.4, -0.2) is 21.6 Å². The van der Waals surface area contributed by atoms with Crippen LogP contribution in [0.4, 0.5) is 0 Å². The monoisotopic (exact) mass is 506 g/mol. The zero-order valence-electron chi connectivity index (χ0n) is 19.4. The number of ether oxygens (including phenoxy) is 1. The second-order valence-corrected chi connectivity index (χ2v) is 12.6. The fourth-order valence-electron chi connectivity index (χ4n) is 3.69. The fourth-order valence-corrected chi connectivity index (χ4v) is 7.28. The summed E-state index contributed by atoms with van der Waals surface area (Å²) in [5, 5.41) is 1.64. The van der Waals surface area contributed by atoms with Gasteiger partial charge in [0.05, 0.1) is 4.90 Å². The third kappa shape index (κ3) is 6.29. The predicted octanol–water partition coefficient (Wildman–Crippen LogP) is 5.29. The van der Waals surface area contributed by atoms with E-state index in [-0.39, 0.29) is 18.1 Å². The van der Waals surface area contributed by atoms with E-state index in [0.29, 0.717) is 11.9 Å². The Labute approximate surface area is 206 Å². The molecule has 180 valence electrons. The average molecular weight is 507 g/mol. The molecule has 0 saturated heterocycles. The average Bonchev–Trinajstić information content (AvgIpc) is 2.89. The van der Waals surface area contributed by atoms with Crippen LogP contribution in [0.3, 0.4) is 0 Å². The first kappa shape index (κ1) is 24.9. The molecule has 0 N–H and O–H groups in total. The van der Waals surface area contributed by atoms with Gasteiger partial charge in [-0.1, -0.05) is 90.5 Å². The van der Waals surface area contributed by atoms with Crippen molar-refractivity contribution in [1.82, 2.24) is 0 Å². The Morgan fingerprint density at radius 3 is 1.77 bits per heavy atom. The van der Waals surface area contributed by atoms with E-state index in [4.69, 9.17) is 8.92 Å². The van der Waals surface area contributed by atoms with Crippen LogP contribution in [0.2, 0.25) is 0 Å². The van der Waals surface area contributed by atoms with E-state index in [1.165, 1.54) is 12.1 Å². The Morgan fingerprint density at radius 1 is 0.686 bits per heavy atom. The van der Waals surface area contributed by atoms with Crippen molar-refractivity contribution >= 4 is 27.9 Å². The molecule has 0 unspecified atom stereocenters. The first-order valence-electron chi connectivity index (χ1n) is 11.2. The molecule has 0 aliphatic heterocycles. The predicted molar refractivity (Wildman–Crippen MR) is 140 cm³/mol. The van der Waals surface area contributed by atoms with Crippen molar-refractivity contribution in [3.05, 3.63) is 120 Å². The lowest BCUT2D eigenvalue weighted by molar-refractivity contribution is 0.221. The van der Waals surface area contributed by atoms with Gasteiger partial charge in [-0.15, -0.1) is 0 Å². The van der Waals surface area contributed by atoms with Crippen molar-refractivity contribution in [2.24, 2.45) is 0 Å². The second kappa shape index (κ2) is 11.0. The molecule has 5 nitrogen and oxygen atoms in total. The molecule has 0 amide bonds. The Kier molecular flexibility index (Phi) is 7.86. The molecule has 4 aromatic carbocycles. The van der Waals surface area contributed by atoms with E-state index in [2.05, 4.69) is 0 Å². The summed E-state index contributed by atoms with van der Waals surface area (Å²) in [6.45, 7) is 1.87. The quantitative estimate of drug-likeness (QED) is 0.166. The van der Waals surface area contributed by atoms with Gasteiger partial charge in [0.25, 0.3) is 10.1 Å². The molecule has 0 bridgehead atoms. The Bertz CT molecular complexity index is 1340. The van der Waals surface area contributed by atoms with Crippen LogP contribution >= 0.6 is 7.14 Å². The summed E-state index contributed by atoms with van der Waals surface area (Å²) in [5.74, 6) is 0.583. The smallest absolute Gasteiger partial charge is 0.297 e. The number of aryl methyl sites for hydroxylation is 1. The number of hydrogen-bond donors (Lipinski definition) is 0. The zero-order valence-corrected chi connectivity index (χ0v) is 21.1. The number of benzene rings is 4. The maximum Gasteiger partial charge on any atom is 0.297 e. The highest BCUT2D eigenvalue weighted by Gasteiger charge is 2.27. The molecule has 0 radical (unpaired) electrons. The van der Waals surface area contributed by atoms with E-state index in [1.54, 1.807) is 24.3 Å². The van der Waals surface area contributed by atoms with Crippen LogP contribution < -0.4 is 15.3 Å². The minimum Gasteiger partial charge on any atom is -0.491 e. The summed E-state index contributed by atoms with van der Waals surface area (Å²) in [6.07, 6.45) is 0.388. The van der Waals surface area contributed by atoms with Gasteiger partial charge < -0.3 is 9.30 Å². The summed E-state index contributed by atoms with van der Waals surface area (Å²) >= 11 is 0. The minimum absolute atomic E-state index is 0.0803. The Balaban J connectivity index is 1.38. The lowest BCUT2D eigenvalue weighted by Gasteiger charge is -2.19. The molecule has 0 spiro atoms. The van der Waals surface area contributed by atoms with Gasteiger partial charge in [-0.25, -0.2) is 0 Å². The van der Waals surface area contributed by atoms with Gasteiger partial charge in [0.15, 0.2) is 0 Å². The molecule has 0 aliphatic rings. The summed E-state index contributed by atoms with van der Waals surface area (Å²) < 4.78 is 49.5. The summed E-state index contributed by atoms with van der Waals surface area (Å²) in [4.78, 5) is 0.119. The third-order valence-corrected chi connectivity index (χ3v) is 9.98. The highest BCUT2D eigenvalue weighted by atomic mass is 32.2. The Hall–Kier alpha value is -3.18. The molecule has 7 heteroatoms. The van der Waals surface area contributed by atoms with Crippen molar-refractivity contribution < 1.29 is 21.9 Å². The van der Waals surface area contributed by atoms with E-state index in [1.807, 2.05) is 79.7 Å². The molecular weight excluding hydrogens is 479 g/mol. The molecule has 0 atom stereocenters. The largest absolute Gasteiger partial charge is 0.491 e. The standard InChI is InChI=1S/C28H27O5PS/c1-23-12-18-28(19-13-23)35(30,31)33-21-20-32-25-16-14-24(15-17-25)22-34(29,26-8-4-2-5-9-26)27-10-6-3-7-11-27/h2-19H,20-22H2,1H3. The Morgan fingerprint density at radius 2 is 1.23 bits per heavy atom. The maximum absolute atomic E-state index is 14.2. The van der Waals surface area contributed by atoms with E-state index < -0.39 is 17.3 Å². The molecule has 0 saturated carbocycles. The van der Waals surface area contributed by atoms with Crippen molar-refractivity contribution in [1.29, 1.82) is 0 Å². The van der Waals surface area contributed by atoms with E-state index in [9.17, 15) is 13.0 Å². The molecule has 0 aromatic heterocycles. The van der Waals surface area contributed by atoms with E-state index >= 15 is 0 Å². The number of rotatable bonds is 10. The molecule has 4 rings (SSSR count). The second-order valence-electron chi connectivity index (χ2n) is 8.15. The maximum atomic E-state index is 14.2. The van der Waals surface area contributed by atoms with Crippen LogP contribution in [-0.2, 0) is 25.0 Å². The molecule has 0 aliphatic carbocycles. The van der Waals surface area contributed by atoms with Crippen LogP contribution in [0.1, 0.15) is 11.1 Å². The summed E-state index contributed by atoms with van der Waals surface area (Å²) in [7, 11) is -6.69. The van der Waals surface area contributed by atoms with Gasteiger partial charge in [-0.05, 0) is 36.8 Å². The van der Waals surface area contributed by atoms with Gasteiger partial charge >= 0.3 is 0 Å². The fraction of sp³-hybridized carbons (Fsp3) is 0.143. The highest BCUT2D eigenvalue weighted by molar-refractivity contribution is 7.86. The van der Waals surface area contributed by atoms with Crippen LogP contribution in [0, 0.1) is 6.92 Å². The molecule has 4 aromatic rings. The SMILES string of the molecule is Cc1ccc(S(=O)(=O)OCCOc2ccc(CP(=O)(c3ccccc3)c3ccccc3)cc2)cc1. The van der Waals surface area contributed by atoms with Crippen molar-refractivity contribution in [2.45, 2.75) is 18.0 Å². The molecule has 35 heavy (non-hydrogen) atoms. The third-order valence-electron chi connectivity index (χ3n) is 5.58. The molecule has 0 fully saturated rings. The first-order chi connectivity index (χ1) is 16.9. The van der Waals surface area contributed by atoms with Crippen molar-refractivity contribution in [2.75, 3.05) is 13.2 Å². The van der Waals surface area contributed by atoms with Crippen LogP contribution in [0.25, 0.3) is 0 Å². The highest BCUT2D eigenvalue weighted by Crippen LogP contribution is 2.46. The normalized spacial score (nSPS) is 11.8. The van der Waals surface area contributed by atoms with Gasteiger partial charge in [-0.3, -0.25) is 4.18 Å². The van der Waals surface area contributed by atoms with Gasteiger partial charge in [-0.2, -0.15) is 8.42 Å². The van der Waals surface area contributed by atoms with Crippen LogP contribution in [0.5, 0.6) is 5.75 Å².